The molecule has 0 saturated carbocycles. The number of ether oxygens (including phenoxy) is 3. The third-order valence-electron chi connectivity index (χ3n) is 6.03. The van der Waals surface area contributed by atoms with E-state index in [-0.39, 0.29) is 30.3 Å². The molecule has 2 fully saturated rings. The van der Waals surface area contributed by atoms with Crippen molar-refractivity contribution in [2.75, 3.05) is 23.8 Å². The highest BCUT2D eigenvalue weighted by Gasteiger charge is 2.49. The summed E-state index contributed by atoms with van der Waals surface area (Å²) in [6.45, 7) is 7.03. The fourth-order valence-corrected chi connectivity index (χ4v) is 4.31. The second kappa shape index (κ2) is 8.61. The van der Waals surface area contributed by atoms with E-state index < -0.39 is 12.2 Å². The maximum atomic E-state index is 12.6. The van der Waals surface area contributed by atoms with Gasteiger partial charge in [-0.25, -0.2) is 14.8 Å². The van der Waals surface area contributed by atoms with Gasteiger partial charge in [-0.2, -0.15) is 0 Å². The SMILES string of the molecule is CC(C)(C)c1ccnc(N[C@@H]2CO[C@@H]3[C@@H]2OC[C@H]3OC(=O)Nc2cccc3ccccc23)n1. The standard InChI is InChI=1S/C25H28N4O4/c1-25(2,3)20-11-12-26-23(29-20)27-18-13-31-22-19(14-32-21(18)22)33-24(30)28-17-10-6-8-15-7-4-5-9-16(15)17/h4-12,18-19,21-22H,13-14H2,1-3H3,(H,28,30)(H,26,27,29)/t18-,19-,21-,22+/m1/s1. The van der Waals surface area contributed by atoms with Gasteiger partial charge in [-0.1, -0.05) is 57.2 Å². The lowest BCUT2D eigenvalue weighted by Crippen LogP contribution is -2.38. The summed E-state index contributed by atoms with van der Waals surface area (Å²) in [7, 11) is 0. The van der Waals surface area contributed by atoms with E-state index in [1.165, 1.54) is 0 Å². The van der Waals surface area contributed by atoms with Gasteiger partial charge in [0.1, 0.15) is 12.2 Å². The zero-order valence-electron chi connectivity index (χ0n) is 18.9. The largest absolute Gasteiger partial charge is 0.441 e. The Kier molecular flexibility index (Phi) is 5.64. The third kappa shape index (κ3) is 4.49. The molecular weight excluding hydrogens is 420 g/mol. The van der Waals surface area contributed by atoms with Gasteiger partial charge in [0.15, 0.2) is 6.10 Å². The molecule has 2 aliphatic rings. The molecule has 2 aliphatic heterocycles. The van der Waals surface area contributed by atoms with E-state index in [1.54, 1.807) is 6.20 Å². The Labute approximate surface area is 192 Å². The molecule has 1 aromatic heterocycles. The molecule has 0 aliphatic carbocycles. The predicted octanol–water partition coefficient (Wildman–Crippen LogP) is 4.12. The van der Waals surface area contributed by atoms with Crippen LogP contribution in [0.3, 0.4) is 0 Å². The lowest BCUT2D eigenvalue weighted by Gasteiger charge is -2.20. The van der Waals surface area contributed by atoms with E-state index in [9.17, 15) is 4.79 Å². The lowest BCUT2D eigenvalue weighted by atomic mass is 9.92. The molecule has 0 unspecified atom stereocenters. The van der Waals surface area contributed by atoms with Crippen molar-refractivity contribution in [2.45, 2.75) is 50.5 Å². The summed E-state index contributed by atoms with van der Waals surface area (Å²) < 4.78 is 17.6. The van der Waals surface area contributed by atoms with Crippen LogP contribution in [0.2, 0.25) is 0 Å². The second-order valence-corrected chi connectivity index (χ2v) is 9.46. The highest BCUT2D eigenvalue weighted by Crippen LogP contribution is 2.31. The molecule has 33 heavy (non-hydrogen) atoms. The first-order valence-corrected chi connectivity index (χ1v) is 11.2. The molecule has 3 aromatic rings. The van der Waals surface area contributed by atoms with Crippen LogP contribution in [-0.2, 0) is 19.6 Å². The van der Waals surface area contributed by atoms with Gasteiger partial charge >= 0.3 is 6.09 Å². The van der Waals surface area contributed by atoms with Crippen LogP contribution < -0.4 is 10.6 Å². The van der Waals surface area contributed by atoms with Crippen molar-refractivity contribution in [3.8, 4) is 0 Å². The van der Waals surface area contributed by atoms with Crippen molar-refractivity contribution in [1.29, 1.82) is 0 Å². The van der Waals surface area contributed by atoms with Crippen molar-refractivity contribution < 1.29 is 19.0 Å². The highest BCUT2D eigenvalue weighted by atomic mass is 16.6. The van der Waals surface area contributed by atoms with E-state index in [0.29, 0.717) is 18.2 Å². The minimum Gasteiger partial charge on any atom is -0.441 e. The maximum Gasteiger partial charge on any atom is 0.412 e. The average molecular weight is 449 g/mol. The molecule has 5 rings (SSSR count). The number of nitrogens with zero attached hydrogens (tertiary/aromatic N) is 2. The van der Waals surface area contributed by atoms with Gasteiger partial charge < -0.3 is 19.5 Å². The monoisotopic (exact) mass is 448 g/mol. The van der Waals surface area contributed by atoms with Crippen molar-refractivity contribution in [2.24, 2.45) is 0 Å². The number of anilines is 2. The Morgan fingerprint density at radius 2 is 1.82 bits per heavy atom. The van der Waals surface area contributed by atoms with Gasteiger partial charge in [0.25, 0.3) is 0 Å². The molecule has 0 spiro atoms. The minimum absolute atomic E-state index is 0.0751. The summed E-state index contributed by atoms with van der Waals surface area (Å²) in [4.78, 5) is 21.6. The molecule has 0 radical (unpaired) electrons. The third-order valence-corrected chi connectivity index (χ3v) is 6.03. The van der Waals surface area contributed by atoms with Crippen LogP contribution in [0.25, 0.3) is 10.8 Å². The molecule has 2 N–H and O–H groups in total. The Hall–Kier alpha value is -3.23. The van der Waals surface area contributed by atoms with Crippen molar-refractivity contribution in [1.82, 2.24) is 9.97 Å². The molecule has 3 heterocycles. The number of hydrogen-bond donors (Lipinski definition) is 2. The number of hydrogen-bond acceptors (Lipinski definition) is 7. The molecule has 4 atom stereocenters. The van der Waals surface area contributed by atoms with E-state index >= 15 is 0 Å². The molecule has 1 amide bonds. The highest BCUT2D eigenvalue weighted by molar-refractivity contribution is 6.00. The van der Waals surface area contributed by atoms with Crippen LogP contribution in [0.1, 0.15) is 26.5 Å². The van der Waals surface area contributed by atoms with Crippen LogP contribution in [0.15, 0.2) is 54.7 Å². The van der Waals surface area contributed by atoms with Crippen molar-refractivity contribution in [3.63, 3.8) is 0 Å². The molecule has 8 nitrogen and oxygen atoms in total. The summed E-state index contributed by atoms with van der Waals surface area (Å²) in [5.41, 5.74) is 1.58. The zero-order valence-corrected chi connectivity index (χ0v) is 18.9. The molecule has 2 aromatic carbocycles. The number of amides is 1. The first kappa shape index (κ1) is 21.6. The average Bonchev–Trinajstić information content (AvgIpc) is 3.37. The lowest BCUT2D eigenvalue weighted by molar-refractivity contribution is 0.00917. The van der Waals surface area contributed by atoms with Crippen LogP contribution >= 0.6 is 0 Å². The van der Waals surface area contributed by atoms with Gasteiger partial charge in [0.05, 0.1) is 30.6 Å². The van der Waals surface area contributed by atoms with Gasteiger partial charge in [-0.15, -0.1) is 0 Å². The van der Waals surface area contributed by atoms with Crippen molar-refractivity contribution in [3.05, 3.63) is 60.4 Å². The number of carbonyl (C=O) groups excluding carboxylic acids is 1. The predicted molar refractivity (Wildman–Crippen MR) is 125 cm³/mol. The Balaban J connectivity index is 1.21. The fraction of sp³-hybridized carbons (Fsp3) is 0.400. The number of fused-ring (bicyclic) bond motifs is 2. The van der Waals surface area contributed by atoms with Gasteiger partial charge in [0.2, 0.25) is 5.95 Å². The number of aromatic nitrogens is 2. The van der Waals surface area contributed by atoms with Crippen molar-refractivity contribution >= 4 is 28.5 Å². The van der Waals surface area contributed by atoms with E-state index in [2.05, 4.69) is 41.4 Å². The normalized spacial score (nSPS) is 24.5. The summed E-state index contributed by atoms with van der Waals surface area (Å²) in [5, 5.41) is 8.19. The number of benzene rings is 2. The zero-order chi connectivity index (χ0) is 23.0. The quantitative estimate of drug-likeness (QED) is 0.620. The topological polar surface area (TPSA) is 94.6 Å². The van der Waals surface area contributed by atoms with Crippen LogP contribution in [0.4, 0.5) is 16.4 Å². The minimum atomic E-state index is -0.526. The first-order valence-electron chi connectivity index (χ1n) is 11.2. The maximum absolute atomic E-state index is 12.6. The summed E-state index contributed by atoms with van der Waals surface area (Å²) >= 11 is 0. The van der Waals surface area contributed by atoms with Gasteiger partial charge in [-0.3, -0.25) is 5.32 Å². The Bertz CT molecular complexity index is 1160. The number of rotatable bonds is 4. The number of carbonyl (C=O) groups is 1. The van der Waals surface area contributed by atoms with Gasteiger partial charge in [-0.05, 0) is 17.5 Å². The fourth-order valence-electron chi connectivity index (χ4n) is 4.31. The second-order valence-electron chi connectivity index (χ2n) is 9.46. The van der Waals surface area contributed by atoms with Crippen LogP contribution in [0.5, 0.6) is 0 Å². The first-order chi connectivity index (χ1) is 15.9. The molecule has 8 heteroatoms. The van der Waals surface area contributed by atoms with Crippen LogP contribution in [0, 0.1) is 0 Å². The number of nitrogens with one attached hydrogen (secondary N) is 2. The molecule has 0 bridgehead atoms. The smallest absolute Gasteiger partial charge is 0.412 e. The van der Waals surface area contributed by atoms with E-state index in [1.807, 2.05) is 48.5 Å². The van der Waals surface area contributed by atoms with Gasteiger partial charge in [0, 0.05) is 17.0 Å². The Morgan fingerprint density at radius 3 is 2.67 bits per heavy atom. The summed E-state index contributed by atoms with van der Waals surface area (Å²) in [5.74, 6) is 0.540. The molecule has 172 valence electrons. The van der Waals surface area contributed by atoms with Crippen LogP contribution in [-0.4, -0.2) is 53.6 Å². The molecular formula is C25H28N4O4. The summed E-state index contributed by atoms with van der Waals surface area (Å²) in [6, 6.07) is 15.4. The van der Waals surface area contributed by atoms with E-state index in [0.717, 1.165) is 16.5 Å². The summed E-state index contributed by atoms with van der Waals surface area (Å²) in [6.07, 6.45) is 0.150. The Morgan fingerprint density at radius 1 is 1.03 bits per heavy atom. The van der Waals surface area contributed by atoms with E-state index in [4.69, 9.17) is 14.2 Å². The molecule has 2 saturated heterocycles.